The van der Waals surface area contributed by atoms with Crippen molar-refractivity contribution >= 4 is 0 Å². The van der Waals surface area contributed by atoms with E-state index in [0.717, 1.165) is 43.2 Å². The molecular weight excluding hydrogens is 300 g/mol. The third-order valence-corrected chi connectivity index (χ3v) is 4.32. The Balaban J connectivity index is 1.64. The standard InChI is InChI=1S/C20H26N2O2/c1-16-13-22(11-10-21-16)14-18-8-9-19(20(12-18)23-2)24-15-17-6-4-3-5-7-17/h3-9,12,16,21H,10-11,13-15H2,1-2H3/t16-/m1/s1. The Labute approximate surface area is 144 Å². The van der Waals surface area contributed by atoms with Crippen molar-refractivity contribution in [1.29, 1.82) is 0 Å². The topological polar surface area (TPSA) is 33.7 Å². The Morgan fingerprint density at radius 2 is 1.92 bits per heavy atom. The molecule has 0 aliphatic carbocycles. The monoisotopic (exact) mass is 326 g/mol. The van der Waals surface area contributed by atoms with Gasteiger partial charge in [0.1, 0.15) is 6.61 Å². The number of piperazine rings is 1. The molecule has 0 spiro atoms. The number of hydrogen-bond donors (Lipinski definition) is 1. The first-order valence-electron chi connectivity index (χ1n) is 8.54. The molecule has 0 amide bonds. The Morgan fingerprint density at radius 3 is 2.67 bits per heavy atom. The van der Waals surface area contributed by atoms with Crippen molar-refractivity contribution in [3.63, 3.8) is 0 Å². The van der Waals surface area contributed by atoms with Crippen molar-refractivity contribution in [2.24, 2.45) is 0 Å². The van der Waals surface area contributed by atoms with Gasteiger partial charge in [0.2, 0.25) is 0 Å². The summed E-state index contributed by atoms with van der Waals surface area (Å²) >= 11 is 0. The maximum absolute atomic E-state index is 5.93. The van der Waals surface area contributed by atoms with E-state index in [1.54, 1.807) is 7.11 Å². The van der Waals surface area contributed by atoms with Crippen LogP contribution in [0.3, 0.4) is 0 Å². The summed E-state index contributed by atoms with van der Waals surface area (Å²) in [6.07, 6.45) is 0. The van der Waals surface area contributed by atoms with E-state index < -0.39 is 0 Å². The second-order valence-electron chi connectivity index (χ2n) is 6.35. The summed E-state index contributed by atoms with van der Waals surface area (Å²) in [7, 11) is 1.70. The Morgan fingerprint density at radius 1 is 1.08 bits per heavy atom. The van der Waals surface area contributed by atoms with Crippen molar-refractivity contribution < 1.29 is 9.47 Å². The molecule has 24 heavy (non-hydrogen) atoms. The van der Waals surface area contributed by atoms with Crippen molar-refractivity contribution in [3.05, 3.63) is 59.7 Å². The van der Waals surface area contributed by atoms with Gasteiger partial charge in [-0.2, -0.15) is 0 Å². The van der Waals surface area contributed by atoms with E-state index in [2.05, 4.69) is 41.4 Å². The molecule has 128 valence electrons. The highest BCUT2D eigenvalue weighted by Gasteiger charge is 2.16. The molecule has 1 saturated heterocycles. The third-order valence-electron chi connectivity index (χ3n) is 4.32. The van der Waals surface area contributed by atoms with Crippen LogP contribution in [0.25, 0.3) is 0 Å². The largest absolute Gasteiger partial charge is 0.493 e. The molecule has 1 fully saturated rings. The summed E-state index contributed by atoms with van der Waals surface area (Å²) in [6, 6.07) is 17.0. The van der Waals surface area contributed by atoms with E-state index in [4.69, 9.17) is 9.47 Å². The quantitative estimate of drug-likeness (QED) is 0.884. The van der Waals surface area contributed by atoms with E-state index in [1.807, 2.05) is 24.3 Å². The lowest BCUT2D eigenvalue weighted by atomic mass is 10.1. The molecule has 1 atom stereocenters. The van der Waals surface area contributed by atoms with E-state index in [9.17, 15) is 0 Å². The van der Waals surface area contributed by atoms with Gasteiger partial charge in [0.25, 0.3) is 0 Å². The van der Waals surface area contributed by atoms with E-state index in [1.165, 1.54) is 5.56 Å². The molecule has 2 aromatic carbocycles. The average Bonchev–Trinajstić information content (AvgIpc) is 2.61. The van der Waals surface area contributed by atoms with Crippen LogP contribution >= 0.6 is 0 Å². The molecule has 1 N–H and O–H groups in total. The first kappa shape index (κ1) is 16.8. The minimum Gasteiger partial charge on any atom is -0.493 e. The van der Waals surface area contributed by atoms with Gasteiger partial charge in [0, 0.05) is 32.2 Å². The number of benzene rings is 2. The number of rotatable bonds is 6. The maximum Gasteiger partial charge on any atom is 0.161 e. The zero-order valence-corrected chi connectivity index (χ0v) is 14.5. The number of ether oxygens (including phenoxy) is 2. The molecule has 0 unspecified atom stereocenters. The van der Waals surface area contributed by atoms with Crippen molar-refractivity contribution in [2.45, 2.75) is 26.1 Å². The van der Waals surface area contributed by atoms with E-state index in [-0.39, 0.29) is 0 Å². The van der Waals surface area contributed by atoms with Crippen LogP contribution in [0, 0.1) is 0 Å². The van der Waals surface area contributed by atoms with Crippen LogP contribution in [-0.4, -0.2) is 37.7 Å². The molecule has 0 saturated carbocycles. The zero-order valence-electron chi connectivity index (χ0n) is 14.5. The van der Waals surface area contributed by atoms with Gasteiger partial charge < -0.3 is 14.8 Å². The van der Waals surface area contributed by atoms with Gasteiger partial charge in [-0.3, -0.25) is 4.90 Å². The summed E-state index contributed by atoms with van der Waals surface area (Å²) in [6.45, 7) is 6.94. The Kier molecular flexibility index (Phi) is 5.72. The van der Waals surface area contributed by atoms with Gasteiger partial charge in [-0.25, -0.2) is 0 Å². The van der Waals surface area contributed by atoms with Gasteiger partial charge in [-0.1, -0.05) is 36.4 Å². The molecular formula is C20H26N2O2. The van der Waals surface area contributed by atoms with Crippen LogP contribution in [0.15, 0.2) is 48.5 Å². The van der Waals surface area contributed by atoms with Crippen LogP contribution in [0.2, 0.25) is 0 Å². The minimum atomic E-state index is 0.547. The molecule has 0 radical (unpaired) electrons. The fraction of sp³-hybridized carbons (Fsp3) is 0.400. The third kappa shape index (κ3) is 4.49. The highest BCUT2D eigenvalue weighted by Crippen LogP contribution is 2.29. The minimum absolute atomic E-state index is 0.547. The zero-order chi connectivity index (χ0) is 16.8. The summed E-state index contributed by atoms with van der Waals surface area (Å²) in [5.74, 6) is 1.59. The summed E-state index contributed by atoms with van der Waals surface area (Å²) in [5.41, 5.74) is 2.41. The van der Waals surface area contributed by atoms with Gasteiger partial charge in [0.15, 0.2) is 11.5 Å². The number of nitrogens with zero attached hydrogens (tertiary/aromatic N) is 1. The summed E-state index contributed by atoms with van der Waals surface area (Å²) < 4.78 is 11.5. The first-order valence-corrected chi connectivity index (χ1v) is 8.54. The van der Waals surface area contributed by atoms with Gasteiger partial charge in [-0.05, 0) is 30.2 Å². The fourth-order valence-corrected chi connectivity index (χ4v) is 3.08. The fourth-order valence-electron chi connectivity index (χ4n) is 3.08. The lowest BCUT2D eigenvalue weighted by Crippen LogP contribution is -2.48. The highest BCUT2D eigenvalue weighted by molar-refractivity contribution is 5.43. The molecule has 1 heterocycles. The highest BCUT2D eigenvalue weighted by atomic mass is 16.5. The van der Waals surface area contributed by atoms with Crippen LogP contribution < -0.4 is 14.8 Å². The number of nitrogens with one attached hydrogen (secondary N) is 1. The van der Waals surface area contributed by atoms with Crippen molar-refractivity contribution in [2.75, 3.05) is 26.7 Å². The van der Waals surface area contributed by atoms with Crippen LogP contribution in [0.4, 0.5) is 0 Å². The first-order chi connectivity index (χ1) is 11.7. The van der Waals surface area contributed by atoms with Crippen LogP contribution in [0.5, 0.6) is 11.5 Å². The Bertz CT molecular complexity index is 645. The lowest BCUT2D eigenvalue weighted by Gasteiger charge is -2.31. The summed E-state index contributed by atoms with van der Waals surface area (Å²) in [4.78, 5) is 2.47. The number of methoxy groups -OCH3 is 1. The second kappa shape index (κ2) is 8.18. The maximum atomic E-state index is 5.93. The van der Waals surface area contributed by atoms with Crippen molar-refractivity contribution in [1.82, 2.24) is 10.2 Å². The Hall–Kier alpha value is -2.04. The molecule has 3 rings (SSSR count). The van der Waals surface area contributed by atoms with Gasteiger partial charge in [0.05, 0.1) is 7.11 Å². The smallest absolute Gasteiger partial charge is 0.161 e. The van der Waals surface area contributed by atoms with Crippen molar-refractivity contribution in [3.8, 4) is 11.5 Å². The average molecular weight is 326 g/mol. The normalized spacial score (nSPS) is 18.3. The molecule has 1 aliphatic heterocycles. The van der Waals surface area contributed by atoms with E-state index >= 15 is 0 Å². The second-order valence-corrected chi connectivity index (χ2v) is 6.35. The molecule has 0 aromatic heterocycles. The molecule has 4 heteroatoms. The molecule has 4 nitrogen and oxygen atoms in total. The van der Waals surface area contributed by atoms with E-state index in [0.29, 0.717) is 12.6 Å². The predicted octanol–water partition coefficient (Wildman–Crippen LogP) is 3.07. The van der Waals surface area contributed by atoms with Crippen LogP contribution in [-0.2, 0) is 13.2 Å². The molecule has 0 bridgehead atoms. The van der Waals surface area contributed by atoms with Gasteiger partial charge >= 0.3 is 0 Å². The van der Waals surface area contributed by atoms with Crippen LogP contribution in [0.1, 0.15) is 18.1 Å². The molecule has 1 aliphatic rings. The SMILES string of the molecule is COc1cc(CN2CCN[C@H](C)C2)ccc1OCc1ccccc1. The summed E-state index contributed by atoms with van der Waals surface area (Å²) in [5, 5.41) is 3.48. The number of hydrogen-bond acceptors (Lipinski definition) is 4. The molecule has 2 aromatic rings. The lowest BCUT2D eigenvalue weighted by molar-refractivity contribution is 0.199. The van der Waals surface area contributed by atoms with Gasteiger partial charge in [-0.15, -0.1) is 0 Å². The predicted molar refractivity (Wildman–Crippen MR) is 96.5 cm³/mol.